The van der Waals surface area contributed by atoms with Crippen LogP contribution < -0.4 is 4.72 Å². The van der Waals surface area contributed by atoms with Gasteiger partial charge in [-0.3, -0.25) is 4.72 Å². The highest BCUT2D eigenvalue weighted by molar-refractivity contribution is 7.92. The molecule has 0 unspecified atom stereocenters. The summed E-state index contributed by atoms with van der Waals surface area (Å²) < 4.78 is 28.6. The maximum atomic E-state index is 12.0. The highest BCUT2D eigenvalue weighted by Gasteiger charge is 2.23. The van der Waals surface area contributed by atoms with Gasteiger partial charge >= 0.3 is 0 Å². The minimum Gasteiger partial charge on any atom is -0.351 e. The number of halogens is 1. The number of hydrogen-bond donors (Lipinski definition) is 1. The van der Waals surface area contributed by atoms with Crippen molar-refractivity contribution < 1.29 is 8.42 Å². The Morgan fingerprint density at radius 3 is 2.83 bits per heavy atom. The van der Waals surface area contributed by atoms with Crippen molar-refractivity contribution in [2.24, 2.45) is 7.05 Å². The minimum atomic E-state index is -3.28. The molecule has 0 fully saturated rings. The first-order chi connectivity index (χ1) is 10.9. The summed E-state index contributed by atoms with van der Waals surface area (Å²) in [7, 11) is -1.28. The third-order valence-corrected chi connectivity index (χ3v) is 5.75. The summed E-state index contributed by atoms with van der Waals surface area (Å²) in [5, 5.41) is 1.73. The molecule has 0 atom stereocenters. The van der Waals surface area contributed by atoms with Gasteiger partial charge in [-0.15, -0.1) is 0 Å². The van der Waals surface area contributed by atoms with Crippen LogP contribution in [0.2, 0.25) is 5.02 Å². The highest BCUT2D eigenvalue weighted by atomic mass is 35.5. The van der Waals surface area contributed by atoms with E-state index in [0.29, 0.717) is 17.1 Å². The Hall–Kier alpha value is -1.98. The van der Waals surface area contributed by atoms with Gasteiger partial charge in [0, 0.05) is 34.7 Å². The zero-order valence-corrected chi connectivity index (χ0v) is 14.1. The summed E-state index contributed by atoms with van der Waals surface area (Å²) in [4.78, 5) is 0. The second-order valence-electron chi connectivity index (χ2n) is 5.86. The van der Waals surface area contributed by atoms with E-state index in [-0.39, 0.29) is 5.75 Å². The zero-order valence-electron chi connectivity index (χ0n) is 12.5. The predicted octanol–water partition coefficient (Wildman–Crippen LogP) is 3.80. The maximum Gasteiger partial charge on any atom is 0.233 e. The van der Waals surface area contributed by atoms with Gasteiger partial charge < -0.3 is 4.57 Å². The van der Waals surface area contributed by atoms with E-state index in [0.717, 1.165) is 27.6 Å². The van der Waals surface area contributed by atoms with Crippen LogP contribution >= 0.6 is 11.6 Å². The molecule has 1 aliphatic rings. The molecule has 4 nitrogen and oxygen atoms in total. The van der Waals surface area contributed by atoms with E-state index < -0.39 is 10.0 Å². The maximum absolute atomic E-state index is 12.0. The molecular formula is C17H15ClN2O2S. The summed E-state index contributed by atoms with van der Waals surface area (Å²) in [5.41, 5.74) is 4.49. The molecule has 6 heteroatoms. The Bertz CT molecular complexity index is 1040. The molecule has 118 valence electrons. The largest absolute Gasteiger partial charge is 0.351 e. The van der Waals surface area contributed by atoms with Gasteiger partial charge in [-0.25, -0.2) is 8.42 Å². The van der Waals surface area contributed by atoms with Crippen molar-refractivity contribution in [1.82, 2.24) is 4.57 Å². The first kappa shape index (κ1) is 14.6. The Morgan fingerprint density at radius 2 is 2.00 bits per heavy atom. The summed E-state index contributed by atoms with van der Waals surface area (Å²) in [5.74, 6) is 0.0947. The number of nitrogens with zero attached hydrogens (tertiary/aromatic N) is 1. The molecule has 0 saturated heterocycles. The third kappa shape index (κ3) is 2.50. The number of fused-ring (bicyclic) bond motifs is 2. The number of benzene rings is 2. The first-order valence-corrected chi connectivity index (χ1v) is 9.34. The lowest BCUT2D eigenvalue weighted by Gasteiger charge is -2.22. The van der Waals surface area contributed by atoms with Crippen LogP contribution in [-0.4, -0.2) is 18.7 Å². The lowest BCUT2D eigenvalue weighted by Crippen LogP contribution is -2.24. The fourth-order valence-corrected chi connectivity index (χ4v) is 4.49. The van der Waals surface area contributed by atoms with Crippen molar-refractivity contribution in [3.05, 3.63) is 53.2 Å². The third-order valence-electron chi connectivity index (χ3n) is 4.28. The van der Waals surface area contributed by atoms with Crippen LogP contribution in [0.3, 0.4) is 0 Å². The average molecular weight is 347 g/mol. The van der Waals surface area contributed by atoms with Crippen LogP contribution in [0.5, 0.6) is 0 Å². The second kappa shape index (κ2) is 5.01. The molecule has 3 aromatic rings. The van der Waals surface area contributed by atoms with Gasteiger partial charge in [0.05, 0.1) is 11.4 Å². The van der Waals surface area contributed by atoms with Crippen LogP contribution in [-0.2, 0) is 23.5 Å². The van der Waals surface area contributed by atoms with E-state index in [1.807, 2.05) is 43.6 Å². The van der Waals surface area contributed by atoms with Crippen molar-refractivity contribution >= 4 is 38.2 Å². The van der Waals surface area contributed by atoms with Gasteiger partial charge in [0.15, 0.2) is 0 Å². The molecule has 0 amide bonds. The molecule has 0 spiro atoms. The number of sulfonamides is 1. The monoisotopic (exact) mass is 346 g/mol. The zero-order chi connectivity index (χ0) is 16.2. The van der Waals surface area contributed by atoms with Crippen LogP contribution in [0, 0.1) is 0 Å². The summed E-state index contributed by atoms with van der Waals surface area (Å²) in [6.45, 7) is 0. The number of aromatic nitrogens is 1. The molecule has 23 heavy (non-hydrogen) atoms. The molecule has 4 rings (SSSR count). The van der Waals surface area contributed by atoms with Crippen molar-refractivity contribution in [2.45, 2.75) is 6.42 Å². The van der Waals surface area contributed by atoms with E-state index in [1.54, 1.807) is 0 Å². The first-order valence-electron chi connectivity index (χ1n) is 7.31. The Kier molecular flexibility index (Phi) is 3.18. The molecule has 0 radical (unpaired) electrons. The molecule has 0 saturated carbocycles. The highest BCUT2D eigenvalue weighted by Crippen LogP contribution is 2.38. The predicted molar refractivity (Wildman–Crippen MR) is 94.5 cm³/mol. The van der Waals surface area contributed by atoms with Crippen LogP contribution in [0.15, 0.2) is 42.6 Å². The van der Waals surface area contributed by atoms with Crippen LogP contribution in [0.4, 0.5) is 5.69 Å². The molecule has 0 bridgehead atoms. The van der Waals surface area contributed by atoms with Crippen LogP contribution in [0.25, 0.3) is 22.0 Å². The lowest BCUT2D eigenvalue weighted by molar-refractivity contribution is 0.599. The van der Waals surface area contributed by atoms with Gasteiger partial charge in [-0.2, -0.15) is 0 Å². The smallest absolute Gasteiger partial charge is 0.233 e. The van der Waals surface area contributed by atoms with Gasteiger partial charge in [-0.1, -0.05) is 17.7 Å². The van der Waals surface area contributed by atoms with Crippen LogP contribution in [0.1, 0.15) is 5.56 Å². The SMILES string of the molecule is Cn1ccc2cc(-c3cc(Cl)cc4c3NS(=O)(=O)CC4)ccc21. The molecule has 1 aromatic heterocycles. The normalized spacial score (nSPS) is 16.1. The molecular weight excluding hydrogens is 332 g/mol. The lowest BCUT2D eigenvalue weighted by atomic mass is 9.98. The summed E-state index contributed by atoms with van der Waals surface area (Å²) in [6.07, 6.45) is 2.48. The van der Waals surface area contributed by atoms with E-state index in [2.05, 4.69) is 15.4 Å². The fraction of sp³-hybridized carbons (Fsp3) is 0.176. The second-order valence-corrected chi connectivity index (χ2v) is 8.14. The van der Waals surface area contributed by atoms with Gasteiger partial charge in [0.1, 0.15) is 0 Å². The van der Waals surface area contributed by atoms with Crippen molar-refractivity contribution in [3.8, 4) is 11.1 Å². The summed E-state index contributed by atoms with van der Waals surface area (Å²) >= 11 is 6.24. The van der Waals surface area contributed by atoms with Crippen molar-refractivity contribution in [2.75, 3.05) is 10.5 Å². The van der Waals surface area contributed by atoms with Crippen molar-refractivity contribution in [1.29, 1.82) is 0 Å². The topological polar surface area (TPSA) is 51.1 Å². The number of nitrogens with one attached hydrogen (secondary N) is 1. The van der Waals surface area contributed by atoms with Crippen molar-refractivity contribution in [3.63, 3.8) is 0 Å². The minimum absolute atomic E-state index is 0.0947. The molecule has 2 heterocycles. The molecule has 0 aliphatic carbocycles. The average Bonchev–Trinajstić information content (AvgIpc) is 2.87. The van der Waals surface area contributed by atoms with E-state index in [4.69, 9.17) is 11.6 Å². The Labute approximate surface area is 139 Å². The van der Waals surface area contributed by atoms with E-state index in [9.17, 15) is 8.42 Å². The van der Waals surface area contributed by atoms with Gasteiger partial charge in [0.25, 0.3) is 0 Å². The quantitative estimate of drug-likeness (QED) is 0.728. The molecule has 2 aromatic carbocycles. The number of anilines is 1. The molecule has 1 N–H and O–H groups in total. The van der Waals surface area contributed by atoms with Gasteiger partial charge in [-0.05, 0) is 47.9 Å². The number of hydrogen-bond acceptors (Lipinski definition) is 2. The Balaban J connectivity index is 1.95. The summed E-state index contributed by atoms with van der Waals surface area (Å²) in [6, 6.07) is 11.8. The Morgan fingerprint density at radius 1 is 1.17 bits per heavy atom. The number of rotatable bonds is 1. The number of aryl methyl sites for hydroxylation is 2. The van der Waals surface area contributed by atoms with E-state index >= 15 is 0 Å². The molecule has 1 aliphatic heterocycles. The fourth-order valence-electron chi connectivity index (χ4n) is 3.11. The van der Waals surface area contributed by atoms with E-state index in [1.165, 1.54) is 0 Å². The van der Waals surface area contributed by atoms with Gasteiger partial charge in [0.2, 0.25) is 10.0 Å². The standard InChI is InChI=1S/C17H15ClN2O2S/c1-20-6-4-12-8-11(2-3-16(12)20)15-10-14(18)9-13-5-7-23(21,22)19-17(13)15/h2-4,6,8-10,19H,5,7H2,1H3.